The maximum Gasteiger partial charge on any atom is 0.345 e. The highest BCUT2D eigenvalue weighted by Crippen LogP contribution is 2.25. The number of ether oxygens (including phenoxy) is 1. The van der Waals surface area contributed by atoms with E-state index in [9.17, 15) is 9.90 Å². The molecule has 1 aliphatic rings. The molecule has 1 fully saturated rings. The number of anilines is 2. The molecule has 0 bridgehead atoms. The average Bonchev–Trinajstić information content (AvgIpc) is 2.84. The molecule has 2 aromatic carbocycles. The third-order valence-electron chi connectivity index (χ3n) is 5.93. The monoisotopic (exact) mass is 431 g/mol. The molecule has 0 saturated carbocycles. The highest BCUT2D eigenvalue weighted by atomic mass is 16.5. The fraction of sp³-hybridized carbons (Fsp3) is 0.308. The molecule has 0 amide bonds. The van der Waals surface area contributed by atoms with Crippen LogP contribution in [0.2, 0.25) is 0 Å². The molecule has 6 heteroatoms. The summed E-state index contributed by atoms with van der Waals surface area (Å²) in [5.74, 6) is -0.517. The quantitative estimate of drug-likeness (QED) is 0.579. The van der Waals surface area contributed by atoms with E-state index in [2.05, 4.69) is 14.8 Å². The Hall–Kier alpha value is -3.54. The fourth-order valence-electron chi connectivity index (χ4n) is 4.16. The highest BCUT2D eigenvalue weighted by molar-refractivity contribution is 5.73. The molecule has 0 radical (unpaired) electrons. The lowest BCUT2D eigenvalue weighted by atomic mass is 9.95. The number of rotatable bonds is 8. The van der Waals surface area contributed by atoms with Gasteiger partial charge >= 0.3 is 5.97 Å². The van der Waals surface area contributed by atoms with Crippen LogP contribution in [0.25, 0.3) is 0 Å². The first-order valence-electron chi connectivity index (χ1n) is 11.0. The Morgan fingerprint density at radius 1 is 0.906 bits per heavy atom. The number of aromatic nitrogens is 1. The minimum absolute atomic E-state index is 0.157. The van der Waals surface area contributed by atoms with Crippen LogP contribution in [0.5, 0.6) is 5.75 Å². The van der Waals surface area contributed by atoms with Crippen molar-refractivity contribution in [3.8, 4) is 5.75 Å². The van der Waals surface area contributed by atoms with Crippen molar-refractivity contribution in [3.05, 3.63) is 84.7 Å². The molecule has 6 nitrogen and oxygen atoms in total. The van der Waals surface area contributed by atoms with Gasteiger partial charge in [-0.15, -0.1) is 0 Å². The van der Waals surface area contributed by atoms with E-state index >= 15 is 0 Å². The first kappa shape index (κ1) is 21.7. The zero-order chi connectivity index (χ0) is 22.3. The van der Waals surface area contributed by atoms with Gasteiger partial charge in [0, 0.05) is 55.9 Å². The summed E-state index contributed by atoms with van der Waals surface area (Å²) in [6.45, 7) is 5.66. The Morgan fingerprint density at radius 3 is 2.03 bits per heavy atom. The lowest BCUT2D eigenvalue weighted by Gasteiger charge is -2.37. The van der Waals surface area contributed by atoms with Gasteiger partial charge in [0.2, 0.25) is 0 Å². The van der Waals surface area contributed by atoms with Gasteiger partial charge < -0.3 is 19.6 Å². The topological polar surface area (TPSA) is 65.9 Å². The van der Waals surface area contributed by atoms with E-state index in [0.717, 1.165) is 37.4 Å². The van der Waals surface area contributed by atoms with Crippen LogP contribution >= 0.6 is 0 Å². The summed E-state index contributed by atoms with van der Waals surface area (Å²) >= 11 is 0. The maximum absolute atomic E-state index is 11.9. The number of carboxylic acid groups (broad SMARTS) is 1. The van der Waals surface area contributed by atoms with Crippen LogP contribution in [0.4, 0.5) is 11.4 Å². The molecular weight excluding hydrogens is 402 g/mol. The van der Waals surface area contributed by atoms with Crippen LogP contribution in [0, 0.1) is 5.92 Å². The van der Waals surface area contributed by atoms with Crippen LogP contribution in [0.3, 0.4) is 0 Å². The van der Waals surface area contributed by atoms with E-state index in [0.29, 0.717) is 12.2 Å². The van der Waals surface area contributed by atoms with E-state index in [4.69, 9.17) is 4.74 Å². The number of carbonyl (C=O) groups is 1. The molecule has 1 aliphatic heterocycles. The Labute approximate surface area is 189 Å². The van der Waals surface area contributed by atoms with Crippen molar-refractivity contribution < 1.29 is 14.6 Å². The third-order valence-corrected chi connectivity index (χ3v) is 5.93. The van der Waals surface area contributed by atoms with Gasteiger partial charge in [-0.05, 0) is 48.4 Å². The predicted octanol–water partition coefficient (Wildman–Crippen LogP) is 4.12. The van der Waals surface area contributed by atoms with E-state index in [1.807, 2.05) is 86.0 Å². The van der Waals surface area contributed by atoms with Crippen LogP contribution in [-0.2, 0) is 11.2 Å². The molecule has 0 spiro atoms. The van der Waals surface area contributed by atoms with Crippen LogP contribution in [0.15, 0.2) is 79.1 Å². The SMILES string of the molecule is CC(Cc1ccccc1)C(Oc1ccc(N2CCN(c3ccncc3)CC2)cc1)C(=O)O. The zero-order valence-corrected chi connectivity index (χ0v) is 18.3. The number of hydrogen-bond donors (Lipinski definition) is 1. The number of hydrogen-bond acceptors (Lipinski definition) is 5. The van der Waals surface area contributed by atoms with Gasteiger partial charge in [0.25, 0.3) is 0 Å². The second kappa shape index (κ2) is 10.2. The molecule has 32 heavy (non-hydrogen) atoms. The lowest BCUT2D eigenvalue weighted by molar-refractivity contribution is -0.147. The minimum Gasteiger partial charge on any atom is -0.478 e. The molecule has 166 valence electrons. The van der Waals surface area contributed by atoms with Crippen molar-refractivity contribution >= 4 is 17.3 Å². The number of benzene rings is 2. The first-order valence-corrected chi connectivity index (χ1v) is 11.0. The summed E-state index contributed by atoms with van der Waals surface area (Å²) < 4.78 is 5.89. The summed E-state index contributed by atoms with van der Waals surface area (Å²) in [6, 6.07) is 21.8. The number of carboxylic acids is 1. The third kappa shape index (κ3) is 5.38. The minimum atomic E-state index is -0.940. The Kier molecular flexibility index (Phi) is 6.90. The molecule has 2 heterocycles. The van der Waals surface area contributed by atoms with Gasteiger partial charge in [-0.1, -0.05) is 37.3 Å². The highest BCUT2D eigenvalue weighted by Gasteiger charge is 2.27. The van der Waals surface area contributed by atoms with Crippen molar-refractivity contribution in [2.24, 2.45) is 5.92 Å². The van der Waals surface area contributed by atoms with Crippen LogP contribution < -0.4 is 14.5 Å². The predicted molar refractivity (Wildman–Crippen MR) is 126 cm³/mol. The van der Waals surface area contributed by atoms with Crippen molar-refractivity contribution in [1.29, 1.82) is 0 Å². The Morgan fingerprint density at radius 2 is 1.47 bits per heavy atom. The van der Waals surface area contributed by atoms with Crippen molar-refractivity contribution in [2.45, 2.75) is 19.4 Å². The van der Waals surface area contributed by atoms with Gasteiger partial charge in [-0.25, -0.2) is 4.79 Å². The summed E-state index contributed by atoms with van der Waals surface area (Å²) in [5, 5.41) is 9.72. The standard InChI is InChI=1S/C26H29N3O3/c1-20(19-21-5-3-2-4-6-21)25(26(30)31)32-24-9-7-22(8-10-24)28-15-17-29(18-16-28)23-11-13-27-14-12-23/h2-14,20,25H,15-19H2,1H3,(H,30,31). The van der Waals surface area contributed by atoms with E-state index in [1.165, 1.54) is 5.69 Å². The first-order chi connectivity index (χ1) is 15.6. The second-order valence-electron chi connectivity index (χ2n) is 8.22. The number of pyridine rings is 1. The summed E-state index contributed by atoms with van der Waals surface area (Å²) in [5.41, 5.74) is 3.43. The van der Waals surface area contributed by atoms with Crippen LogP contribution in [0.1, 0.15) is 12.5 Å². The molecule has 2 unspecified atom stereocenters. The smallest absolute Gasteiger partial charge is 0.345 e. The Balaban J connectivity index is 1.35. The van der Waals surface area contributed by atoms with Crippen molar-refractivity contribution in [3.63, 3.8) is 0 Å². The van der Waals surface area contributed by atoms with Gasteiger partial charge in [0.05, 0.1) is 0 Å². The van der Waals surface area contributed by atoms with Crippen molar-refractivity contribution in [1.82, 2.24) is 4.98 Å². The number of nitrogens with zero attached hydrogens (tertiary/aromatic N) is 3. The normalized spacial score (nSPS) is 15.8. The summed E-state index contributed by atoms with van der Waals surface area (Å²) in [7, 11) is 0. The number of piperazine rings is 1. The van der Waals surface area contributed by atoms with Gasteiger partial charge in [-0.2, -0.15) is 0 Å². The molecular formula is C26H29N3O3. The van der Waals surface area contributed by atoms with Gasteiger partial charge in [-0.3, -0.25) is 4.98 Å². The van der Waals surface area contributed by atoms with E-state index < -0.39 is 12.1 Å². The van der Waals surface area contributed by atoms with E-state index in [1.54, 1.807) is 0 Å². The molecule has 4 rings (SSSR count). The second-order valence-corrected chi connectivity index (χ2v) is 8.22. The number of aliphatic carboxylic acids is 1. The maximum atomic E-state index is 11.9. The average molecular weight is 432 g/mol. The van der Waals surface area contributed by atoms with E-state index in [-0.39, 0.29) is 5.92 Å². The molecule has 2 atom stereocenters. The van der Waals surface area contributed by atoms with Crippen LogP contribution in [-0.4, -0.2) is 48.3 Å². The molecule has 1 N–H and O–H groups in total. The summed E-state index contributed by atoms with van der Waals surface area (Å²) in [6.07, 6.45) is 3.40. The Bertz CT molecular complexity index is 988. The molecule has 1 saturated heterocycles. The molecule has 0 aliphatic carbocycles. The molecule has 1 aromatic heterocycles. The lowest BCUT2D eigenvalue weighted by Crippen LogP contribution is -2.46. The van der Waals surface area contributed by atoms with Gasteiger partial charge in [0.15, 0.2) is 6.10 Å². The van der Waals surface area contributed by atoms with Crippen molar-refractivity contribution in [2.75, 3.05) is 36.0 Å². The molecule has 3 aromatic rings. The zero-order valence-electron chi connectivity index (χ0n) is 18.3. The fourth-order valence-corrected chi connectivity index (χ4v) is 4.16. The van der Waals surface area contributed by atoms with Gasteiger partial charge in [0.1, 0.15) is 5.75 Å². The largest absolute Gasteiger partial charge is 0.478 e. The summed E-state index contributed by atoms with van der Waals surface area (Å²) in [4.78, 5) is 20.6.